The number of amides is 1. The fourth-order valence-electron chi connectivity index (χ4n) is 2.68. The number of piperidine rings is 1. The smallest absolute Gasteiger partial charge is 0.270 e. The second-order valence-electron chi connectivity index (χ2n) is 5.30. The van der Waals surface area contributed by atoms with Crippen LogP contribution >= 0.6 is 11.3 Å². The van der Waals surface area contributed by atoms with Gasteiger partial charge in [0.1, 0.15) is 0 Å². The number of thiazole rings is 1. The van der Waals surface area contributed by atoms with E-state index < -0.39 is 4.92 Å². The molecule has 2 heterocycles. The number of benzene rings is 1. The molecular formula is C15H16N4O3S. The summed E-state index contributed by atoms with van der Waals surface area (Å²) in [6.45, 7) is 1.71. The van der Waals surface area contributed by atoms with Crippen molar-refractivity contribution in [2.75, 3.05) is 23.3 Å². The molecule has 0 unspecified atom stereocenters. The van der Waals surface area contributed by atoms with Gasteiger partial charge in [0.25, 0.3) is 11.6 Å². The summed E-state index contributed by atoms with van der Waals surface area (Å²) in [5.41, 5.74) is 0.968. The number of carbonyl (C=O) groups excluding carboxylic acids is 1. The van der Waals surface area contributed by atoms with Crippen LogP contribution < -0.4 is 10.2 Å². The van der Waals surface area contributed by atoms with Crippen LogP contribution in [-0.2, 0) is 0 Å². The standard InChI is InChI=1S/C15H16N4O3S/c20-14(17-15-16-6-9-23-15)12-10-11(19(21)22)4-5-13(12)18-7-2-1-3-8-18/h4-6,9-10H,1-3,7-8H2,(H,16,17,20). The molecule has 1 fully saturated rings. The third-order valence-electron chi connectivity index (χ3n) is 3.79. The normalized spacial score (nSPS) is 14.5. The van der Waals surface area contributed by atoms with E-state index in [0.29, 0.717) is 10.7 Å². The van der Waals surface area contributed by atoms with Gasteiger partial charge < -0.3 is 4.90 Å². The molecule has 1 N–H and O–H groups in total. The Bertz CT molecular complexity index is 712. The second-order valence-corrected chi connectivity index (χ2v) is 6.19. The van der Waals surface area contributed by atoms with E-state index in [0.717, 1.165) is 31.6 Å². The maximum absolute atomic E-state index is 12.6. The molecule has 1 aliphatic heterocycles. The Morgan fingerprint density at radius 3 is 2.74 bits per heavy atom. The van der Waals surface area contributed by atoms with Crippen LogP contribution in [-0.4, -0.2) is 28.9 Å². The van der Waals surface area contributed by atoms with Gasteiger partial charge in [-0.15, -0.1) is 11.3 Å². The van der Waals surface area contributed by atoms with Crippen LogP contribution in [0.3, 0.4) is 0 Å². The van der Waals surface area contributed by atoms with Gasteiger partial charge in [-0.1, -0.05) is 0 Å². The minimum absolute atomic E-state index is 0.0879. The van der Waals surface area contributed by atoms with Crippen molar-refractivity contribution in [2.45, 2.75) is 19.3 Å². The van der Waals surface area contributed by atoms with Crippen molar-refractivity contribution in [1.29, 1.82) is 0 Å². The van der Waals surface area contributed by atoms with Crippen molar-refractivity contribution >= 4 is 33.8 Å². The molecule has 0 aliphatic carbocycles. The van der Waals surface area contributed by atoms with Crippen LogP contribution in [0.25, 0.3) is 0 Å². The Balaban J connectivity index is 1.94. The molecule has 1 aromatic heterocycles. The van der Waals surface area contributed by atoms with Crippen LogP contribution in [0, 0.1) is 10.1 Å². The van der Waals surface area contributed by atoms with Crippen molar-refractivity contribution in [3.05, 3.63) is 45.5 Å². The molecular weight excluding hydrogens is 316 g/mol. The monoisotopic (exact) mass is 332 g/mol. The minimum atomic E-state index is -0.486. The average molecular weight is 332 g/mol. The fourth-order valence-corrected chi connectivity index (χ4v) is 3.20. The highest BCUT2D eigenvalue weighted by molar-refractivity contribution is 7.13. The van der Waals surface area contributed by atoms with E-state index in [-0.39, 0.29) is 11.6 Å². The minimum Gasteiger partial charge on any atom is -0.371 e. The zero-order valence-corrected chi connectivity index (χ0v) is 13.2. The first-order valence-electron chi connectivity index (χ1n) is 7.39. The molecule has 1 aliphatic rings. The molecule has 0 spiro atoms. The van der Waals surface area contributed by atoms with Crippen LogP contribution in [0.5, 0.6) is 0 Å². The van der Waals surface area contributed by atoms with Crippen LogP contribution in [0.4, 0.5) is 16.5 Å². The molecule has 23 heavy (non-hydrogen) atoms. The third-order valence-corrected chi connectivity index (χ3v) is 4.47. The van der Waals surface area contributed by atoms with E-state index in [9.17, 15) is 14.9 Å². The van der Waals surface area contributed by atoms with Crippen molar-refractivity contribution < 1.29 is 9.72 Å². The highest BCUT2D eigenvalue weighted by Crippen LogP contribution is 2.29. The number of nitrogens with zero attached hydrogens (tertiary/aromatic N) is 3. The summed E-state index contributed by atoms with van der Waals surface area (Å²) in [5.74, 6) is -0.371. The molecule has 1 saturated heterocycles. The maximum atomic E-state index is 12.6. The van der Waals surface area contributed by atoms with Crippen LogP contribution in [0.2, 0.25) is 0 Å². The summed E-state index contributed by atoms with van der Waals surface area (Å²) in [6, 6.07) is 4.46. The van der Waals surface area contributed by atoms with Crippen molar-refractivity contribution in [3.8, 4) is 0 Å². The zero-order chi connectivity index (χ0) is 16.2. The van der Waals surface area contributed by atoms with Gasteiger partial charge in [0.2, 0.25) is 0 Å². The number of nitro benzene ring substituents is 1. The molecule has 8 heteroatoms. The zero-order valence-electron chi connectivity index (χ0n) is 12.4. The Labute approximate surface area is 137 Å². The molecule has 0 atom stereocenters. The number of aromatic nitrogens is 1. The van der Waals surface area contributed by atoms with Crippen molar-refractivity contribution in [1.82, 2.24) is 4.98 Å². The number of anilines is 2. The maximum Gasteiger partial charge on any atom is 0.270 e. The lowest BCUT2D eigenvalue weighted by Gasteiger charge is -2.30. The molecule has 1 aromatic carbocycles. The number of nitro groups is 1. The Morgan fingerprint density at radius 1 is 1.30 bits per heavy atom. The highest BCUT2D eigenvalue weighted by atomic mass is 32.1. The quantitative estimate of drug-likeness (QED) is 0.685. The first kappa shape index (κ1) is 15.4. The van der Waals surface area contributed by atoms with E-state index in [1.54, 1.807) is 17.6 Å². The van der Waals surface area contributed by atoms with E-state index in [1.165, 1.54) is 29.9 Å². The largest absolute Gasteiger partial charge is 0.371 e. The predicted octanol–water partition coefficient (Wildman–Crippen LogP) is 3.29. The van der Waals surface area contributed by atoms with Gasteiger partial charge >= 0.3 is 0 Å². The van der Waals surface area contributed by atoms with E-state index >= 15 is 0 Å². The number of non-ortho nitro benzene ring substituents is 1. The number of carbonyl (C=O) groups is 1. The van der Waals surface area contributed by atoms with Gasteiger partial charge in [-0.2, -0.15) is 0 Å². The van der Waals surface area contributed by atoms with Gasteiger partial charge in [-0.25, -0.2) is 4.98 Å². The topological polar surface area (TPSA) is 88.4 Å². The molecule has 2 aromatic rings. The van der Waals surface area contributed by atoms with Gasteiger partial charge in [0.15, 0.2) is 5.13 Å². The lowest BCUT2D eigenvalue weighted by atomic mass is 10.1. The predicted molar refractivity (Wildman–Crippen MR) is 89.2 cm³/mol. The number of hydrogen-bond acceptors (Lipinski definition) is 6. The van der Waals surface area contributed by atoms with Crippen molar-refractivity contribution in [2.24, 2.45) is 0 Å². The molecule has 120 valence electrons. The van der Waals surface area contributed by atoms with E-state index in [4.69, 9.17) is 0 Å². The number of nitrogens with one attached hydrogen (secondary N) is 1. The van der Waals surface area contributed by atoms with Gasteiger partial charge in [-0.05, 0) is 25.3 Å². The molecule has 0 radical (unpaired) electrons. The first-order chi connectivity index (χ1) is 11.1. The van der Waals surface area contributed by atoms with Gasteiger partial charge in [0.05, 0.1) is 16.2 Å². The second kappa shape index (κ2) is 6.74. The van der Waals surface area contributed by atoms with Crippen LogP contribution in [0.1, 0.15) is 29.6 Å². The Kier molecular flexibility index (Phi) is 4.52. The fraction of sp³-hybridized carbons (Fsp3) is 0.333. The SMILES string of the molecule is O=C(Nc1nccs1)c1cc([N+](=O)[O-])ccc1N1CCCCC1. The third kappa shape index (κ3) is 3.48. The summed E-state index contributed by atoms with van der Waals surface area (Å²) < 4.78 is 0. The van der Waals surface area contributed by atoms with Gasteiger partial charge in [-0.3, -0.25) is 20.2 Å². The van der Waals surface area contributed by atoms with E-state index in [2.05, 4.69) is 15.2 Å². The summed E-state index contributed by atoms with van der Waals surface area (Å²) in [4.78, 5) is 29.2. The van der Waals surface area contributed by atoms with Gasteiger partial charge in [0, 0.05) is 36.8 Å². The molecule has 7 nitrogen and oxygen atoms in total. The lowest BCUT2D eigenvalue weighted by Crippen LogP contribution is -2.31. The summed E-state index contributed by atoms with van der Waals surface area (Å²) in [7, 11) is 0. The number of hydrogen-bond donors (Lipinski definition) is 1. The lowest BCUT2D eigenvalue weighted by molar-refractivity contribution is -0.384. The van der Waals surface area contributed by atoms with Crippen LogP contribution in [0.15, 0.2) is 29.8 Å². The summed E-state index contributed by atoms with van der Waals surface area (Å²) >= 11 is 1.31. The Hall–Kier alpha value is -2.48. The highest BCUT2D eigenvalue weighted by Gasteiger charge is 2.22. The summed E-state index contributed by atoms with van der Waals surface area (Å²) in [6.07, 6.45) is 4.89. The molecule has 0 bridgehead atoms. The average Bonchev–Trinajstić information content (AvgIpc) is 3.08. The molecule has 0 saturated carbocycles. The summed E-state index contributed by atoms with van der Waals surface area (Å²) in [5, 5.41) is 16.0. The molecule has 3 rings (SSSR count). The molecule has 1 amide bonds. The first-order valence-corrected chi connectivity index (χ1v) is 8.27. The van der Waals surface area contributed by atoms with E-state index in [1.807, 2.05) is 0 Å². The Morgan fingerprint density at radius 2 is 2.09 bits per heavy atom. The van der Waals surface area contributed by atoms with Crippen molar-refractivity contribution in [3.63, 3.8) is 0 Å². The number of rotatable bonds is 4.